The van der Waals surface area contributed by atoms with Crippen LogP contribution < -0.4 is 5.32 Å². The number of carbonyl (C=O) groups excluding carboxylic acids is 2. The Morgan fingerprint density at radius 3 is 2.56 bits per heavy atom. The summed E-state index contributed by atoms with van der Waals surface area (Å²) in [6.45, 7) is 2.62. The summed E-state index contributed by atoms with van der Waals surface area (Å²) >= 11 is 0. The highest BCUT2D eigenvalue weighted by atomic mass is 32.2. The Bertz CT molecular complexity index is 750. The van der Waals surface area contributed by atoms with Gasteiger partial charge in [0.1, 0.15) is 6.04 Å². The lowest BCUT2D eigenvalue weighted by atomic mass is 10.1. The summed E-state index contributed by atoms with van der Waals surface area (Å²) < 4.78 is 23.4. The number of urea groups is 1. The zero-order chi connectivity index (χ0) is 18.0. The molecule has 3 rings (SSSR count). The van der Waals surface area contributed by atoms with Gasteiger partial charge in [0.15, 0.2) is 9.84 Å². The molecule has 2 aliphatic rings. The standard InChI is InChI=1S/C17H23N3O4S/c1-2-19(14-8-9-25(23,24)11-14)12-20-16(21)15(18-17(20)22)10-13-6-4-3-5-7-13/h3-7,14-15H,2,8-12H2,1H3,(H,18,22)/t14-,15-/m1/s1. The summed E-state index contributed by atoms with van der Waals surface area (Å²) in [4.78, 5) is 27.9. The second-order valence-corrected chi connectivity index (χ2v) is 8.79. The molecule has 136 valence electrons. The number of imide groups is 1. The second kappa shape index (κ2) is 7.13. The van der Waals surface area contributed by atoms with Gasteiger partial charge in [0, 0.05) is 12.5 Å². The third-order valence-corrected chi connectivity index (χ3v) is 6.59. The van der Waals surface area contributed by atoms with Crippen LogP contribution in [-0.2, 0) is 21.1 Å². The zero-order valence-electron chi connectivity index (χ0n) is 14.2. The van der Waals surface area contributed by atoms with Gasteiger partial charge in [-0.3, -0.25) is 9.69 Å². The van der Waals surface area contributed by atoms with E-state index in [0.29, 0.717) is 19.4 Å². The Kier molecular flexibility index (Phi) is 5.10. The number of hydrogen-bond donors (Lipinski definition) is 1. The fourth-order valence-electron chi connectivity index (χ4n) is 3.42. The van der Waals surface area contributed by atoms with Crippen LogP contribution >= 0.6 is 0 Å². The minimum atomic E-state index is -3.01. The van der Waals surface area contributed by atoms with Crippen molar-refractivity contribution in [3.63, 3.8) is 0 Å². The van der Waals surface area contributed by atoms with Crippen LogP contribution in [0.3, 0.4) is 0 Å². The average molecular weight is 365 g/mol. The fourth-order valence-corrected chi connectivity index (χ4v) is 5.18. The summed E-state index contributed by atoms with van der Waals surface area (Å²) in [5.74, 6) is 0.0104. The van der Waals surface area contributed by atoms with E-state index in [1.54, 1.807) is 0 Å². The topological polar surface area (TPSA) is 86.8 Å². The van der Waals surface area contributed by atoms with E-state index in [0.717, 1.165) is 5.56 Å². The highest BCUT2D eigenvalue weighted by Crippen LogP contribution is 2.20. The number of nitrogens with one attached hydrogen (secondary N) is 1. The first-order chi connectivity index (χ1) is 11.9. The van der Waals surface area contributed by atoms with Crippen LogP contribution in [0.15, 0.2) is 30.3 Å². The minimum absolute atomic E-state index is 0.0952. The van der Waals surface area contributed by atoms with Crippen LogP contribution in [0.1, 0.15) is 18.9 Å². The molecule has 25 heavy (non-hydrogen) atoms. The average Bonchev–Trinajstić information content (AvgIpc) is 3.06. The Labute approximate surface area is 147 Å². The molecule has 2 heterocycles. The van der Waals surface area contributed by atoms with Crippen LogP contribution in [-0.4, -0.2) is 67.0 Å². The molecular formula is C17H23N3O4S. The Morgan fingerprint density at radius 2 is 1.96 bits per heavy atom. The largest absolute Gasteiger partial charge is 0.325 e. The molecular weight excluding hydrogens is 342 g/mol. The van der Waals surface area contributed by atoms with Gasteiger partial charge in [0.2, 0.25) is 0 Å². The van der Waals surface area contributed by atoms with Gasteiger partial charge in [-0.15, -0.1) is 0 Å². The second-order valence-electron chi connectivity index (χ2n) is 6.56. The molecule has 7 nitrogen and oxygen atoms in total. The lowest BCUT2D eigenvalue weighted by Crippen LogP contribution is -2.47. The van der Waals surface area contributed by atoms with Crippen LogP contribution in [0, 0.1) is 0 Å². The van der Waals surface area contributed by atoms with Crippen molar-refractivity contribution in [3.8, 4) is 0 Å². The van der Waals surface area contributed by atoms with E-state index in [9.17, 15) is 18.0 Å². The van der Waals surface area contributed by atoms with Crippen molar-refractivity contribution in [2.75, 3.05) is 24.7 Å². The van der Waals surface area contributed by atoms with Crippen molar-refractivity contribution < 1.29 is 18.0 Å². The van der Waals surface area contributed by atoms with Gasteiger partial charge in [-0.05, 0) is 18.5 Å². The van der Waals surface area contributed by atoms with E-state index in [1.807, 2.05) is 42.2 Å². The number of carbonyl (C=O) groups is 2. The maximum atomic E-state index is 12.6. The number of amides is 3. The molecule has 8 heteroatoms. The van der Waals surface area contributed by atoms with Crippen LogP contribution in [0.5, 0.6) is 0 Å². The van der Waals surface area contributed by atoms with Crippen molar-refractivity contribution in [1.82, 2.24) is 15.1 Å². The summed E-state index contributed by atoms with van der Waals surface area (Å²) in [5, 5.41) is 2.73. The molecule has 0 spiro atoms. The number of sulfone groups is 1. The first-order valence-electron chi connectivity index (χ1n) is 8.50. The van der Waals surface area contributed by atoms with Crippen LogP contribution in [0.4, 0.5) is 4.79 Å². The predicted molar refractivity (Wildman–Crippen MR) is 93.6 cm³/mol. The molecule has 0 radical (unpaired) electrons. The van der Waals surface area contributed by atoms with Gasteiger partial charge in [0.05, 0.1) is 18.2 Å². The van der Waals surface area contributed by atoms with E-state index < -0.39 is 21.9 Å². The van der Waals surface area contributed by atoms with Gasteiger partial charge in [-0.1, -0.05) is 37.3 Å². The molecule has 1 N–H and O–H groups in total. The fraction of sp³-hybridized carbons (Fsp3) is 0.529. The molecule has 0 aromatic heterocycles. The molecule has 1 aromatic carbocycles. The molecule has 3 amide bonds. The van der Waals surface area contributed by atoms with Gasteiger partial charge in [-0.25, -0.2) is 18.1 Å². The quantitative estimate of drug-likeness (QED) is 0.747. The van der Waals surface area contributed by atoms with Crippen molar-refractivity contribution in [2.24, 2.45) is 0 Å². The molecule has 2 saturated heterocycles. The number of nitrogens with zero attached hydrogens (tertiary/aromatic N) is 2. The SMILES string of the molecule is CCN(CN1C(=O)N[C@H](Cc2ccccc2)C1=O)[C@@H]1CCS(=O)(=O)C1. The van der Waals surface area contributed by atoms with Gasteiger partial charge in [0.25, 0.3) is 5.91 Å². The molecule has 0 aliphatic carbocycles. The number of rotatable bonds is 6. The predicted octanol–water partition coefficient (Wildman–Crippen LogP) is 0.616. The molecule has 0 unspecified atom stereocenters. The molecule has 2 fully saturated rings. The first kappa shape index (κ1) is 17.9. The van der Waals surface area contributed by atoms with Crippen molar-refractivity contribution in [1.29, 1.82) is 0 Å². The van der Waals surface area contributed by atoms with E-state index >= 15 is 0 Å². The summed E-state index contributed by atoms with van der Waals surface area (Å²) in [6.07, 6.45) is 0.999. The Hall–Kier alpha value is -1.93. The van der Waals surface area contributed by atoms with Crippen molar-refractivity contribution >= 4 is 21.8 Å². The summed E-state index contributed by atoms with van der Waals surface area (Å²) in [6, 6.07) is 8.42. The lowest BCUT2D eigenvalue weighted by molar-refractivity contribution is -0.129. The monoisotopic (exact) mass is 365 g/mol. The molecule has 1 aromatic rings. The summed E-state index contributed by atoms with van der Waals surface area (Å²) in [5.41, 5.74) is 0.984. The molecule has 2 atom stereocenters. The molecule has 0 bridgehead atoms. The van der Waals surface area contributed by atoms with Crippen LogP contribution in [0.25, 0.3) is 0 Å². The maximum Gasteiger partial charge on any atom is 0.325 e. The number of benzene rings is 1. The van der Waals surface area contributed by atoms with Crippen molar-refractivity contribution in [3.05, 3.63) is 35.9 Å². The molecule has 0 saturated carbocycles. The van der Waals surface area contributed by atoms with Crippen LogP contribution in [0.2, 0.25) is 0 Å². The third kappa shape index (κ3) is 4.01. The van der Waals surface area contributed by atoms with E-state index in [1.165, 1.54) is 4.90 Å². The van der Waals surface area contributed by atoms with Gasteiger partial charge in [-0.2, -0.15) is 0 Å². The highest BCUT2D eigenvalue weighted by Gasteiger charge is 2.40. The molecule has 2 aliphatic heterocycles. The zero-order valence-corrected chi connectivity index (χ0v) is 15.0. The Balaban J connectivity index is 1.65. The smallest absolute Gasteiger partial charge is 0.325 e. The van der Waals surface area contributed by atoms with Gasteiger partial charge >= 0.3 is 6.03 Å². The maximum absolute atomic E-state index is 12.6. The lowest BCUT2D eigenvalue weighted by Gasteiger charge is -2.29. The van der Waals surface area contributed by atoms with E-state index in [4.69, 9.17) is 0 Å². The van der Waals surface area contributed by atoms with Gasteiger partial charge < -0.3 is 5.32 Å². The van der Waals surface area contributed by atoms with Crippen molar-refractivity contribution in [2.45, 2.75) is 31.8 Å². The van der Waals surface area contributed by atoms with E-state index in [-0.39, 0.29) is 30.1 Å². The summed E-state index contributed by atoms with van der Waals surface area (Å²) in [7, 11) is -3.01. The normalized spacial score (nSPS) is 25.6. The highest BCUT2D eigenvalue weighted by molar-refractivity contribution is 7.91. The number of hydrogen-bond acceptors (Lipinski definition) is 5. The Morgan fingerprint density at radius 1 is 1.24 bits per heavy atom. The minimum Gasteiger partial charge on any atom is -0.325 e. The van der Waals surface area contributed by atoms with E-state index in [2.05, 4.69) is 5.32 Å². The third-order valence-electron chi connectivity index (χ3n) is 4.84. The first-order valence-corrected chi connectivity index (χ1v) is 10.3.